The van der Waals surface area contributed by atoms with Gasteiger partial charge in [0.15, 0.2) is 9.84 Å². The van der Waals surface area contributed by atoms with Crippen molar-refractivity contribution >= 4 is 15.7 Å². The molecular formula is C24H29FN2O3S. The molecule has 0 spiro atoms. The highest BCUT2D eigenvalue weighted by Crippen LogP contribution is 2.28. The Hall–Kier alpha value is -2.25. The minimum absolute atomic E-state index is 0.0953. The topological polar surface area (TPSA) is 57.7 Å². The highest BCUT2D eigenvalue weighted by atomic mass is 32.2. The van der Waals surface area contributed by atoms with Crippen LogP contribution in [0.15, 0.2) is 47.4 Å². The van der Waals surface area contributed by atoms with E-state index in [2.05, 4.69) is 11.8 Å². The number of likely N-dealkylation sites (tertiary alicyclic amines) is 2. The Labute approximate surface area is 183 Å². The smallest absolute Gasteiger partial charge is 0.257 e. The van der Waals surface area contributed by atoms with Gasteiger partial charge in [0.1, 0.15) is 5.82 Å². The summed E-state index contributed by atoms with van der Waals surface area (Å²) < 4.78 is 38.2. The fourth-order valence-electron chi connectivity index (χ4n) is 4.74. The van der Waals surface area contributed by atoms with E-state index < -0.39 is 15.7 Å². The molecule has 0 aromatic heterocycles. The molecule has 2 aromatic rings. The maximum atomic E-state index is 14.9. The van der Waals surface area contributed by atoms with Gasteiger partial charge >= 0.3 is 0 Å². The molecule has 2 aliphatic heterocycles. The monoisotopic (exact) mass is 444 g/mol. The Bertz CT molecular complexity index is 1070. The van der Waals surface area contributed by atoms with Gasteiger partial charge in [-0.15, -0.1) is 0 Å². The first-order chi connectivity index (χ1) is 14.7. The van der Waals surface area contributed by atoms with Gasteiger partial charge in [0, 0.05) is 31.4 Å². The van der Waals surface area contributed by atoms with Crippen LogP contribution in [-0.4, -0.2) is 62.1 Å². The second-order valence-electron chi connectivity index (χ2n) is 8.77. The summed E-state index contributed by atoms with van der Waals surface area (Å²) in [6, 6.07) is 11.6. The van der Waals surface area contributed by atoms with Crippen molar-refractivity contribution < 1.29 is 17.6 Å². The molecule has 2 heterocycles. The van der Waals surface area contributed by atoms with Crippen molar-refractivity contribution in [1.82, 2.24) is 9.80 Å². The van der Waals surface area contributed by atoms with E-state index in [1.165, 1.54) is 31.0 Å². The Kier molecular flexibility index (Phi) is 6.17. The predicted molar refractivity (Wildman–Crippen MR) is 119 cm³/mol. The lowest BCUT2D eigenvalue weighted by atomic mass is 10.0. The molecule has 0 aliphatic carbocycles. The van der Waals surface area contributed by atoms with Crippen molar-refractivity contribution in [2.24, 2.45) is 0 Å². The van der Waals surface area contributed by atoms with Crippen LogP contribution >= 0.6 is 0 Å². The standard InChI is InChI=1S/C24H29FN2O3S/c1-17-5-3-13-26(17)16-20-6-4-14-27(20)24(28)22-12-9-19(15-23(22)25)18-7-10-21(11-8-18)31(2,29)30/h7-12,15,17,20H,3-6,13-14,16H2,1-2H3/t17-,20?/m0/s1. The van der Waals surface area contributed by atoms with Gasteiger partial charge < -0.3 is 4.90 Å². The van der Waals surface area contributed by atoms with Crippen LogP contribution in [0.3, 0.4) is 0 Å². The van der Waals surface area contributed by atoms with Gasteiger partial charge in [0.25, 0.3) is 5.91 Å². The van der Waals surface area contributed by atoms with Gasteiger partial charge in [0.05, 0.1) is 10.5 Å². The van der Waals surface area contributed by atoms with Gasteiger partial charge in [-0.1, -0.05) is 18.2 Å². The first-order valence-electron chi connectivity index (χ1n) is 10.9. The zero-order chi connectivity index (χ0) is 22.2. The van der Waals surface area contributed by atoms with Gasteiger partial charge in [-0.25, -0.2) is 12.8 Å². The molecule has 2 aromatic carbocycles. The third kappa shape index (κ3) is 4.67. The molecule has 2 aliphatic rings. The SMILES string of the molecule is C[C@H]1CCCN1CC1CCCN1C(=O)c1ccc(-c2ccc(S(C)(=O)=O)cc2)cc1F. The summed E-state index contributed by atoms with van der Waals surface area (Å²) in [5.41, 5.74) is 1.41. The van der Waals surface area contributed by atoms with Crippen molar-refractivity contribution in [3.8, 4) is 11.1 Å². The number of rotatable bonds is 5. The molecule has 1 amide bonds. The molecular weight excluding hydrogens is 415 g/mol. The average molecular weight is 445 g/mol. The van der Waals surface area contributed by atoms with Gasteiger partial charge in [0.2, 0.25) is 0 Å². The molecule has 1 unspecified atom stereocenters. The van der Waals surface area contributed by atoms with E-state index >= 15 is 0 Å². The van der Waals surface area contributed by atoms with Crippen LogP contribution in [0.1, 0.15) is 43.0 Å². The lowest BCUT2D eigenvalue weighted by Crippen LogP contribution is -2.44. The molecule has 31 heavy (non-hydrogen) atoms. The Morgan fingerprint density at radius 2 is 1.71 bits per heavy atom. The minimum Gasteiger partial charge on any atom is -0.334 e. The van der Waals surface area contributed by atoms with Crippen molar-refractivity contribution in [1.29, 1.82) is 0 Å². The number of sulfone groups is 1. The minimum atomic E-state index is -3.28. The third-order valence-electron chi connectivity index (χ3n) is 6.59. The van der Waals surface area contributed by atoms with Crippen LogP contribution in [0.2, 0.25) is 0 Å². The van der Waals surface area contributed by atoms with Crippen LogP contribution in [0.25, 0.3) is 11.1 Å². The molecule has 0 bridgehead atoms. The van der Waals surface area contributed by atoms with E-state index in [1.54, 1.807) is 24.3 Å². The van der Waals surface area contributed by atoms with Gasteiger partial charge in [-0.3, -0.25) is 9.69 Å². The summed E-state index contributed by atoms with van der Waals surface area (Å²) in [4.78, 5) is 17.6. The van der Waals surface area contributed by atoms with Crippen molar-refractivity contribution in [3.05, 3.63) is 53.8 Å². The normalized spacial score (nSPS) is 22.2. The second-order valence-corrected chi connectivity index (χ2v) is 10.8. The largest absolute Gasteiger partial charge is 0.334 e. The van der Waals surface area contributed by atoms with Gasteiger partial charge in [-0.05, 0) is 74.5 Å². The quantitative estimate of drug-likeness (QED) is 0.700. The molecule has 5 nitrogen and oxygen atoms in total. The fraction of sp³-hybridized carbons (Fsp3) is 0.458. The average Bonchev–Trinajstić information content (AvgIpc) is 3.36. The predicted octanol–water partition coefficient (Wildman–Crippen LogP) is 3.99. The summed E-state index contributed by atoms with van der Waals surface area (Å²) in [5, 5.41) is 0. The molecule has 0 N–H and O–H groups in total. The lowest BCUT2D eigenvalue weighted by molar-refractivity contribution is 0.0692. The Morgan fingerprint density at radius 1 is 1.03 bits per heavy atom. The van der Waals surface area contributed by atoms with Gasteiger partial charge in [-0.2, -0.15) is 0 Å². The zero-order valence-corrected chi connectivity index (χ0v) is 18.9. The molecule has 166 valence electrons. The molecule has 7 heteroatoms. The van der Waals surface area contributed by atoms with E-state index in [-0.39, 0.29) is 22.4 Å². The molecule has 2 fully saturated rings. The van der Waals surface area contributed by atoms with Crippen LogP contribution in [0.4, 0.5) is 4.39 Å². The van der Waals surface area contributed by atoms with Crippen LogP contribution in [0, 0.1) is 5.82 Å². The van der Waals surface area contributed by atoms with Crippen LogP contribution in [0.5, 0.6) is 0 Å². The number of carbonyl (C=O) groups excluding carboxylic acids is 1. The number of benzene rings is 2. The Morgan fingerprint density at radius 3 is 2.32 bits per heavy atom. The number of halogens is 1. The van der Waals surface area contributed by atoms with E-state index in [0.717, 1.165) is 32.2 Å². The maximum absolute atomic E-state index is 14.9. The highest BCUT2D eigenvalue weighted by molar-refractivity contribution is 7.90. The first kappa shape index (κ1) is 22.0. The van der Waals surface area contributed by atoms with E-state index in [9.17, 15) is 17.6 Å². The lowest BCUT2D eigenvalue weighted by Gasteiger charge is -2.31. The van der Waals surface area contributed by atoms with E-state index in [1.807, 2.05) is 4.90 Å². The third-order valence-corrected chi connectivity index (χ3v) is 7.72. The first-order valence-corrected chi connectivity index (χ1v) is 12.8. The molecule has 2 saturated heterocycles. The summed E-state index contributed by atoms with van der Waals surface area (Å²) in [6.45, 7) is 4.83. The van der Waals surface area contributed by atoms with Crippen LogP contribution < -0.4 is 0 Å². The molecule has 0 saturated carbocycles. The maximum Gasteiger partial charge on any atom is 0.257 e. The highest BCUT2D eigenvalue weighted by Gasteiger charge is 2.33. The summed E-state index contributed by atoms with van der Waals surface area (Å²) in [7, 11) is -3.28. The number of hydrogen-bond donors (Lipinski definition) is 0. The zero-order valence-electron chi connectivity index (χ0n) is 18.1. The molecule has 2 atom stereocenters. The summed E-state index contributed by atoms with van der Waals surface area (Å²) >= 11 is 0. The van der Waals surface area contributed by atoms with E-state index in [0.29, 0.717) is 23.7 Å². The van der Waals surface area contributed by atoms with Crippen molar-refractivity contribution in [2.75, 3.05) is 25.9 Å². The van der Waals surface area contributed by atoms with E-state index in [4.69, 9.17) is 0 Å². The van der Waals surface area contributed by atoms with Crippen molar-refractivity contribution in [2.45, 2.75) is 49.6 Å². The number of nitrogens with zero attached hydrogens (tertiary/aromatic N) is 2. The van der Waals surface area contributed by atoms with Crippen LogP contribution in [-0.2, 0) is 9.84 Å². The second kappa shape index (κ2) is 8.71. The molecule has 4 rings (SSSR count). The summed E-state index contributed by atoms with van der Waals surface area (Å²) in [5.74, 6) is -0.791. The number of hydrogen-bond acceptors (Lipinski definition) is 4. The molecule has 0 radical (unpaired) electrons. The number of carbonyl (C=O) groups is 1. The number of amides is 1. The fourth-order valence-corrected chi connectivity index (χ4v) is 5.38. The van der Waals surface area contributed by atoms with Crippen molar-refractivity contribution in [3.63, 3.8) is 0 Å². The Balaban J connectivity index is 1.51. The summed E-state index contributed by atoms with van der Waals surface area (Å²) in [6.07, 6.45) is 5.45.